The molecule has 0 bridgehead atoms. The van der Waals surface area contributed by atoms with Crippen molar-refractivity contribution in [2.45, 2.75) is 18.9 Å². The van der Waals surface area contributed by atoms with E-state index in [2.05, 4.69) is 23.5 Å². The number of nitrogens with one attached hydrogen (secondary N) is 1. The second-order valence-electron chi connectivity index (χ2n) is 3.27. The van der Waals surface area contributed by atoms with E-state index in [1.165, 1.54) is 16.8 Å². The summed E-state index contributed by atoms with van der Waals surface area (Å²) in [7, 11) is 1.95. The van der Waals surface area contributed by atoms with Crippen molar-refractivity contribution in [1.29, 1.82) is 0 Å². The van der Waals surface area contributed by atoms with Crippen molar-refractivity contribution in [2.75, 3.05) is 12.4 Å². The van der Waals surface area contributed by atoms with Gasteiger partial charge in [0.25, 0.3) is 0 Å². The van der Waals surface area contributed by atoms with Gasteiger partial charge in [0, 0.05) is 18.8 Å². The van der Waals surface area contributed by atoms with Gasteiger partial charge in [-0.15, -0.1) is 0 Å². The third-order valence-corrected chi connectivity index (χ3v) is 2.56. The highest BCUT2D eigenvalue weighted by molar-refractivity contribution is 5.57. The van der Waals surface area contributed by atoms with Gasteiger partial charge in [-0.05, 0) is 30.0 Å². The molecule has 12 heavy (non-hydrogen) atoms. The highest BCUT2D eigenvalue weighted by Crippen LogP contribution is 2.34. The Kier molecular flexibility index (Phi) is 1.77. The molecule has 1 unspecified atom stereocenters. The van der Waals surface area contributed by atoms with Gasteiger partial charge in [0.1, 0.15) is 0 Å². The third-order valence-electron chi connectivity index (χ3n) is 2.56. The first-order valence-corrected chi connectivity index (χ1v) is 4.38. The van der Waals surface area contributed by atoms with Crippen molar-refractivity contribution >= 4 is 5.69 Å². The minimum absolute atomic E-state index is 0.239. The van der Waals surface area contributed by atoms with E-state index in [4.69, 9.17) is 5.73 Å². The zero-order valence-electron chi connectivity index (χ0n) is 7.30. The van der Waals surface area contributed by atoms with E-state index in [9.17, 15) is 0 Å². The fourth-order valence-electron chi connectivity index (χ4n) is 1.94. The Morgan fingerprint density at radius 3 is 3.08 bits per heavy atom. The van der Waals surface area contributed by atoms with Crippen LogP contribution in [-0.4, -0.2) is 7.05 Å². The van der Waals surface area contributed by atoms with Crippen LogP contribution in [0.5, 0.6) is 0 Å². The van der Waals surface area contributed by atoms with Gasteiger partial charge in [-0.1, -0.05) is 12.1 Å². The first-order valence-electron chi connectivity index (χ1n) is 4.38. The normalized spacial score (nSPS) is 20.7. The Balaban J connectivity index is 2.53. The van der Waals surface area contributed by atoms with E-state index in [1.54, 1.807) is 0 Å². The zero-order chi connectivity index (χ0) is 8.55. The van der Waals surface area contributed by atoms with E-state index in [-0.39, 0.29) is 6.04 Å². The van der Waals surface area contributed by atoms with Gasteiger partial charge in [-0.3, -0.25) is 0 Å². The number of rotatable bonds is 1. The number of fused-ring (bicyclic) bond motifs is 1. The molecule has 0 aliphatic heterocycles. The van der Waals surface area contributed by atoms with Crippen LogP contribution in [0.15, 0.2) is 18.2 Å². The van der Waals surface area contributed by atoms with Crippen molar-refractivity contribution in [2.24, 2.45) is 5.73 Å². The predicted octanol–water partition coefficient (Wildman–Crippen LogP) is 1.67. The minimum Gasteiger partial charge on any atom is -0.388 e. The van der Waals surface area contributed by atoms with Crippen molar-refractivity contribution in [1.82, 2.24) is 0 Å². The summed E-state index contributed by atoms with van der Waals surface area (Å²) in [5.74, 6) is 0. The molecule has 1 aromatic rings. The van der Waals surface area contributed by atoms with E-state index >= 15 is 0 Å². The summed E-state index contributed by atoms with van der Waals surface area (Å²) in [6.45, 7) is 0. The van der Waals surface area contributed by atoms with Crippen LogP contribution in [0.25, 0.3) is 0 Å². The number of hydrogen-bond donors (Lipinski definition) is 2. The lowest BCUT2D eigenvalue weighted by atomic mass is 10.1. The van der Waals surface area contributed by atoms with E-state index in [0.29, 0.717) is 0 Å². The monoisotopic (exact) mass is 162 g/mol. The van der Waals surface area contributed by atoms with Gasteiger partial charge in [0.15, 0.2) is 0 Å². The quantitative estimate of drug-likeness (QED) is 0.659. The molecule has 1 atom stereocenters. The molecule has 0 heterocycles. The molecule has 0 aromatic heterocycles. The largest absolute Gasteiger partial charge is 0.388 e. The standard InChI is InChI=1S/C10H14N2/c1-12-9-4-2-3-7-5-6-8(11)10(7)9/h2-4,8,12H,5-6,11H2,1H3. The fourth-order valence-corrected chi connectivity index (χ4v) is 1.94. The summed E-state index contributed by atoms with van der Waals surface area (Å²) in [5.41, 5.74) is 9.91. The van der Waals surface area contributed by atoms with Crippen LogP contribution in [0.4, 0.5) is 5.69 Å². The topological polar surface area (TPSA) is 38.0 Å². The van der Waals surface area contributed by atoms with Crippen molar-refractivity contribution in [3.8, 4) is 0 Å². The molecule has 2 heteroatoms. The molecule has 3 N–H and O–H groups in total. The minimum atomic E-state index is 0.239. The summed E-state index contributed by atoms with van der Waals surface area (Å²) in [5, 5.41) is 3.18. The van der Waals surface area contributed by atoms with Crippen LogP contribution >= 0.6 is 0 Å². The van der Waals surface area contributed by atoms with Crippen LogP contribution in [0, 0.1) is 0 Å². The molecular weight excluding hydrogens is 148 g/mol. The number of benzene rings is 1. The lowest BCUT2D eigenvalue weighted by molar-refractivity contribution is 0.714. The molecule has 0 amide bonds. The second-order valence-corrected chi connectivity index (χ2v) is 3.27. The molecule has 1 aliphatic carbocycles. The van der Waals surface area contributed by atoms with Crippen LogP contribution < -0.4 is 11.1 Å². The van der Waals surface area contributed by atoms with Gasteiger partial charge >= 0.3 is 0 Å². The van der Waals surface area contributed by atoms with Crippen LogP contribution in [-0.2, 0) is 6.42 Å². The highest BCUT2D eigenvalue weighted by Gasteiger charge is 2.21. The Morgan fingerprint density at radius 2 is 2.33 bits per heavy atom. The molecule has 1 aliphatic rings. The number of hydrogen-bond acceptors (Lipinski definition) is 2. The molecule has 2 rings (SSSR count). The van der Waals surface area contributed by atoms with Crippen LogP contribution in [0.1, 0.15) is 23.6 Å². The molecular formula is C10H14N2. The van der Waals surface area contributed by atoms with Crippen molar-refractivity contribution in [3.63, 3.8) is 0 Å². The Hall–Kier alpha value is -1.02. The molecule has 0 radical (unpaired) electrons. The average molecular weight is 162 g/mol. The SMILES string of the molecule is CNc1cccc2c1C(N)CC2. The first kappa shape index (κ1) is 7.62. The van der Waals surface area contributed by atoms with Crippen LogP contribution in [0.3, 0.4) is 0 Å². The Morgan fingerprint density at radius 1 is 1.50 bits per heavy atom. The van der Waals surface area contributed by atoms with Gasteiger partial charge in [0.2, 0.25) is 0 Å². The molecule has 0 saturated heterocycles. The van der Waals surface area contributed by atoms with Gasteiger partial charge in [-0.2, -0.15) is 0 Å². The van der Waals surface area contributed by atoms with Crippen molar-refractivity contribution < 1.29 is 0 Å². The Bertz CT molecular complexity index is 294. The molecule has 0 spiro atoms. The second kappa shape index (κ2) is 2.79. The maximum atomic E-state index is 5.98. The first-order chi connectivity index (χ1) is 5.83. The number of nitrogens with two attached hydrogens (primary N) is 1. The highest BCUT2D eigenvalue weighted by atomic mass is 14.8. The lowest BCUT2D eigenvalue weighted by Crippen LogP contribution is -2.07. The maximum absolute atomic E-state index is 5.98. The average Bonchev–Trinajstić information content (AvgIpc) is 2.48. The van der Waals surface area contributed by atoms with E-state index < -0.39 is 0 Å². The van der Waals surface area contributed by atoms with Crippen molar-refractivity contribution in [3.05, 3.63) is 29.3 Å². The number of aryl methyl sites for hydroxylation is 1. The van der Waals surface area contributed by atoms with Gasteiger partial charge in [0.05, 0.1) is 0 Å². The van der Waals surface area contributed by atoms with E-state index in [0.717, 1.165) is 12.8 Å². The molecule has 64 valence electrons. The summed E-state index contributed by atoms with van der Waals surface area (Å²) in [4.78, 5) is 0. The Labute approximate surface area is 72.8 Å². The maximum Gasteiger partial charge on any atom is 0.0388 e. The number of anilines is 1. The van der Waals surface area contributed by atoms with Gasteiger partial charge in [-0.25, -0.2) is 0 Å². The fraction of sp³-hybridized carbons (Fsp3) is 0.400. The van der Waals surface area contributed by atoms with Crippen LogP contribution in [0.2, 0.25) is 0 Å². The molecule has 0 fully saturated rings. The summed E-state index contributed by atoms with van der Waals surface area (Å²) in [6.07, 6.45) is 2.22. The summed E-state index contributed by atoms with van der Waals surface area (Å²) in [6, 6.07) is 6.58. The molecule has 0 saturated carbocycles. The van der Waals surface area contributed by atoms with E-state index in [1.807, 2.05) is 7.05 Å². The molecule has 1 aromatic carbocycles. The predicted molar refractivity (Wildman–Crippen MR) is 51.2 cm³/mol. The van der Waals surface area contributed by atoms with Gasteiger partial charge < -0.3 is 11.1 Å². The summed E-state index contributed by atoms with van der Waals surface area (Å²) < 4.78 is 0. The smallest absolute Gasteiger partial charge is 0.0388 e. The third kappa shape index (κ3) is 0.994. The zero-order valence-corrected chi connectivity index (χ0v) is 7.30. The summed E-state index contributed by atoms with van der Waals surface area (Å²) >= 11 is 0. The lowest BCUT2D eigenvalue weighted by Gasteiger charge is -2.10. The molecule has 2 nitrogen and oxygen atoms in total.